The molecule has 8 nitrogen and oxygen atoms in total. The third kappa shape index (κ3) is 4.17. The number of ether oxygens (including phenoxy) is 2. The van der Waals surface area contributed by atoms with Gasteiger partial charge in [-0.05, 0) is 12.1 Å². The Bertz CT molecular complexity index is 643. The minimum Gasteiger partial charge on any atom is -0.497 e. The van der Waals surface area contributed by atoms with Gasteiger partial charge in [-0.15, -0.1) is 0 Å². The first kappa shape index (κ1) is 18.9. The number of sulfonamides is 1. The van der Waals surface area contributed by atoms with Gasteiger partial charge in [0.05, 0.1) is 26.9 Å². The van der Waals surface area contributed by atoms with Crippen LogP contribution in [0.4, 0.5) is 0 Å². The maximum absolute atomic E-state index is 12.9. The van der Waals surface area contributed by atoms with E-state index in [0.29, 0.717) is 38.5 Å². The summed E-state index contributed by atoms with van der Waals surface area (Å²) in [6, 6.07) is 4.67. The van der Waals surface area contributed by atoms with Crippen LogP contribution >= 0.6 is 0 Å². The minimum atomic E-state index is -3.71. The fourth-order valence-electron chi connectivity index (χ4n) is 2.63. The number of hydrogen-bond donors (Lipinski definition) is 2. The van der Waals surface area contributed by atoms with Crippen LogP contribution in [0.15, 0.2) is 23.1 Å². The first-order valence-corrected chi connectivity index (χ1v) is 9.09. The summed E-state index contributed by atoms with van der Waals surface area (Å²) in [6.07, 6.45) is -0.813. The van der Waals surface area contributed by atoms with E-state index < -0.39 is 16.1 Å². The number of aliphatic hydroxyl groups excluding tert-OH is 2. The van der Waals surface area contributed by atoms with Crippen LogP contribution in [0.5, 0.6) is 11.5 Å². The second-order valence-corrected chi connectivity index (χ2v) is 7.46. The summed E-state index contributed by atoms with van der Waals surface area (Å²) in [6.45, 7) is 1.61. The average molecular weight is 360 g/mol. The van der Waals surface area contributed by atoms with Crippen molar-refractivity contribution in [2.24, 2.45) is 0 Å². The summed E-state index contributed by atoms with van der Waals surface area (Å²) in [5.74, 6) is 0.716. The lowest BCUT2D eigenvalue weighted by Gasteiger charge is -2.34. The van der Waals surface area contributed by atoms with Crippen molar-refractivity contribution in [1.29, 1.82) is 0 Å². The quantitative estimate of drug-likeness (QED) is 0.667. The largest absolute Gasteiger partial charge is 0.497 e. The number of β-amino-alcohol motifs (C(OH)–C–C–N with tert-alkyl or cyclic N) is 1. The van der Waals surface area contributed by atoms with Gasteiger partial charge in [0.25, 0.3) is 0 Å². The molecular formula is C15H24N2O6S. The summed E-state index contributed by atoms with van der Waals surface area (Å²) in [7, 11) is -0.804. The van der Waals surface area contributed by atoms with E-state index in [4.69, 9.17) is 14.6 Å². The maximum Gasteiger partial charge on any atom is 0.246 e. The number of nitrogens with zero attached hydrogens (tertiary/aromatic N) is 2. The molecule has 1 heterocycles. The van der Waals surface area contributed by atoms with Crippen molar-refractivity contribution in [1.82, 2.24) is 9.21 Å². The fourth-order valence-corrected chi connectivity index (χ4v) is 4.23. The lowest BCUT2D eigenvalue weighted by atomic mass is 10.3. The van der Waals surface area contributed by atoms with Gasteiger partial charge >= 0.3 is 0 Å². The van der Waals surface area contributed by atoms with Crippen molar-refractivity contribution < 1.29 is 28.1 Å². The monoisotopic (exact) mass is 360 g/mol. The van der Waals surface area contributed by atoms with Crippen molar-refractivity contribution in [2.45, 2.75) is 11.0 Å². The van der Waals surface area contributed by atoms with Gasteiger partial charge in [0.1, 0.15) is 16.4 Å². The van der Waals surface area contributed by atoms with Crippen molar-refractivity contribution in [3.05, 3.63) is 18.2 Å². The third-order valence-electron chi connectivity index (χ3n) is 4.00. The first-order chi connectivity index (χ1) is 11.4. The molecule has 1 atom stereocenters. The van der Waals surface area contributed by atoms with Crippen molar-refractivity contribution >= 4 is 10.0 Å². The number of hydrogen-bond acceptors (Lipinski definition) is 7. The number of aliphatic hydroxyl groups is 2. The second-order valence-electron chi connectivity index (χ2n) is 5.56. The molecule has 1 aromatic rings. The molecule has 1 aliphatic heterocycles. The number of benzene rings is 1. The van der Waals surface area contributed by atoms with Gasteiger partial charge < -0.3 is 19.7 Å². The van der Waals surface area contributed by atoms with Crippen LogP contribution in [0.1, 0.15) is 0 Å². The number of piperazine rings is 1. The predicted octanol–water partition coefficient (Wildman–Crippen LogP) is -0.637. The number of methoxy groups -OCH3 is 2. The highest BCUT2D eigenvalue weighted by molar-refractivity contribution is 7.89. The molecule has 0 spiro atoms. The van der Waals surface area contributed by atoms with Crippen LogP contribution in [0.3, 0.4) is 0 Å². The van der Waals surface area contributed by atoms with E-state index in [2.05, 4.69) is 0 Å². The van der Waals surface area contributed by atoms with Crippen molar-refractivity contribution in [2.75, 3.05) is 53.6 Å². The highest BCUT2D eigenvalue weighted by Crippen LogP contribution is 2.31. The van der Waals surface area contributed by atoms with Gasteiger partial charge in [-0.3, -0.25) is 4.90 Å². The lowest BCUT2D eigenvalue weighted by molar-refractivity contribution is 0.0491. The van der Waals surface area contributed by atoms with Crippen LogP contribution in [-0.2, 0) is 10.0 Å². The normalized spacial score (nSPS) is 18.3. The number of rotatable bonds is 7. The molecule has 0 unspecified atom stereocenters. The molecule has 0 saturated carbocycles. The highest BCUT2D eigenvalue weighted by atomic mass is 32.2. The van der Waals surface area contributed by atoms with E-state index in [1.54, 1.807) is 12.1 Å². The van der Waals surface area contributed by atoms with E-state index in [-0.39, 0.29) is 17.3 Å². The molecule has 0 bridgehead atoms. The summed E-state index contributed by atoms with van der Waals surface area (Å²) in [4.78, 5) is 2.00. The molecule has 1 aromatic carbocycles. The summed E-state index contributed by atoms with van der Waals surface area (Å²) in [5.41, 5.74) is 0. The molecule has 2 N–H and O–H groups in total. The predicted molar refractivity (Wildman–Crippen MR) is 87.8 cm³/mol. The smallest absolute Gasteiger partial charge is 0.246 e. The Morgan fingerprint density at radius 2 is 1.83 bits per heavy atom. The van der Waals surface area contributed by atoms with Gasteiger partial charge in [0, 0.05) is 38.8 Å². The highest BCUT2D eigenvalue weighted by Gasteiger charge is 2.31. The van der Waals surface area contributed by atoms with E-state index >= 15 is 0 Å². The topological polar surface area (TPSA) is 99.5 Å². The molecule has 0 radical (unpaired) electrons. The van der Waals surface area contributed by atoms with Crippen molar-refractivity contribution in [3.63, 3.8) is 0 Å². The van der Waals surface area contributed by atoms with E-state index in [1.807, 2.05) is 4.90 Å². The summed E-state index contributed by atoms with van der Waals surface area (Å²) < 4.78 is 37.5. The van der Waals surface area contributed by atoms with E-state index in [1.165, 1.54) is 24.6 Å². The fraction of sp³-hybridized carbons (Fsp3) is 0.600. The Labute approximate surface area is 142 Å². The Balaban J connectivity index is 2.15. The zero-order chi connectivity index (χ0) is 17.7. The molecule has 0 aromatic heterocycles. The van der Waals surface area contributed by atoms with E-state index in [9.17, 15) is 13.5 Å². The molecule has 2 rings (SSSR count). The van der Waals surface area contributed by atoms with Crippen LogP contribution < -0.4 is 9.47 Å². The Kier molecular flexibility index (Phi) is 6.41. The van der Waals surface area contributed by atoms with Crippen molar-refractivity contribution in [3.8, 4) is 11.5 Å². The van der Waals surface area contributed by atoms with Crippen LogP contribution in [0.2, 0.25) is 0 Å². The van der Waals surface area contributed by atoms with Gasteiger partial charge in [-0.1, -0.05) is 0 Å². The minimum absolute atomic E-state index is 0.0770. The maximum atomic E-state index is 12.9. The standard InChI is InChI=1S/C15H24N2O6S/c1-22-13-3-4-14(23-2)15(9-13)24(20,21)17-7-5-16(6-8-17)10-12(19)11-18/h3-4,9,12,18-19H,5-8,10-11H2,1-2H3/t12-/m1/s1. The molecule has 9 heteroatoms. The first-order valence-electron chi connectivity index (χ1n) is 7.65. The van der Waals surface area contributed by atoms with Gasteiger partial charge in [0.2, 0.25) is 10.0 Å². The molecule has 0 amide bonds. The molecular weight excluding hydrogens is 336 g/mol. The molecule has 136 valence electrons. The molecule has 1 aliphatic rings. The Morgan fingerprint density at radius 3 is 2.38 bits per heavy atom. The van der Waals surface area contributed by atoms with Crippen LogP contribution in [-0.4, -0.2) is 87.5 Å². The molecule has 0 aliphatic carbocycles. The SMILES string of the molecule is COc1ccc(OC)c(S(=O)(=O)N2CCN(C[C@@H](O)CO)CC2)c1. The Morgan fingerprint density at radius 1 is 1.17 bits per heavy atom. The molecule has 1 fully saturated rings. The van der Waals surface area contributed by atoms with E-state index in [0.717, 1.165) is 0 Å². The molecule has 1 saturated heterocycles. The second kappa shape index (κ2) is 8.13. The summed E-state index contributed by atoms with van der Waals surface area (Å²) >= 11 is 0. The third-order valence-corrected chi connectivity index (χ3v) is 5.92. The van der Waals surface area contributed by atoms with Crippen LogP contribution in [0, 0.1) is 0 Å². The zero-order valence-corrected chi connectivity index (χ0v) is 14.7. The zero-order valence-electron chi connectivity index (χ0n) is 13.9. The lowest BCUT2D eigenvalue weighted by Crippen LogP contribution is -2.50. The summed E-state index contributed by atoms with van der Waals surface area (Å²) in [5, 5.41) is 18.4. The molecule has 24 heavy (non-hydrogen) atoms. The van der Waals surface area contributed by atoms with Gasteiger partial charge in [-0.2, -0.15) is 4.31 Å². The van der Waals surface area contributed by atoms with Gasteiger partial charge in [-0.25, -0.2) is 8.42 Å². The van der Waals surface area contributed by atoms with Crippen LogP contribution in [0.25, 0.3) is 0 Å². The average Bonchev–Trinajstić information content (AvgIpc) is 2.61. The van der Waals surface area contributed by atoms with Gasteiger partial charge in [0.15, 0.2) is 0 Å². The Hall–Kier alpha value is -1.39.